The predicted octanol–water partition coefficient (Wildman–Crippen LogP) is 2.91. The van der Waals surface area contributed by atoms with E-state index in [0.717, 1.165) is 19.1 Å². The first-order chi connectivity index (χ1) is 8.77. The van der Waals surface area contributed by atoms with E-state index in [9.17, 15) is 8.42 Å². The second-order valence-electron chi connectivity index (χ2n) is 5.40. The first kappa shape index (κ1) is 14.1. The van der Waals surface area contributed by atoms with Crippen LogP contribution >= 0.6 is 0 Å². The fourth-order valence-corrected chi connectivity index (χ4v) is 2.76. The van der Waals surface area contributed by atoms with Crippen molar-refractivity contribution in [3.63, 3.8) is 0 Å². The van der Waals surface area contributed by atoms with Crippen molar-refractivity contribution in [2.45, 2.75) is 39.5 Å². The fraction of sp³-hybridized carbons (Fsp3) is 0.615. The van der Waals surface area contributed by atoms with Crippen molar-refractivity contribution in [3.05, 3.63) is 17.7 Å². The minimum atomic E-state index is -3.58. The summed E-state index contributed by atoms with van der Waals surface area (Å²) in [5, 5.41) is 0. The lowest BCUT2D eigenvalue weighted by Gasteiger charge is -2.16. The lowest BCUT2D eigenvalue weighted by Crippen LogP contribution is -2.06. The van der Waals surface area contributed by atoms with Crippen molar-refractivity contribution in [3.8, 4) is 5.88 Å². The molecule has 1 aliphatic rings. The molecule has 0 aliphatic heterocycles. The summed E-state index contributed by atoms with van der Waals surface area (Å²) in [5.41, 5.74) is 0.195. The highest BCUT2D eigenvalue weighted by molar-refractivity contribution is 7.86. The topological polar surface area (TPSA) is 69.4 Å². The van der Waals surface area contributed by atoms with Gasteiger partial charge < -0.3 is 8.60 Å². The number of allylic oxidation sites excluding steroid dienone is 1. The molecule has 1 aromatic heterocycles. The van der Waals surface area contributed by atoms with Gasteiger partial charge >= 0.3 is 10.1 Å². The Hall–Kier alpha value is -1.30. The van der Waals surface area contributed by atoms with Crippen molar-refractivity contribution in [1.29, 1.82) is 0 Å². The van der Waals surface area contributed by atoms with Crippen LogP contribution in [-0.2, 0) is 10.1 Å². The van der Waals surface area contributed by atoms with Gasteiger partial charge in [-0.3, -0.25) is 0 Å². The third kappa shape index (κ3) is 3.83. The van der Waals surface area contributed by atoms with Crippen LogP contribution in [0.1, 0.15) is 44.3 Å². The highest BCUT2D eigenvalue weighted by Crippen LogP contribution is 2.39. The van der Waals surface area contributed by atoms with Gasteiger partial charge in [0.2, 0.25) is 5.89 Å². The lowest BCUT2D eigenvalue weighted by atomic mass is 9.88. The number of hydrogen-bond donors (Lipinski definition) is 0. The van der Waals surface area contributed by atoms with E-state index in [-0.39, 0.29) is 11.3 Å². The summed E-state index contributed by atoms with van der Waals surface area (Å²) in [5.74, 6) is 0.754. The molecular weight excluding hydrogens is 266 g/mol. The van der Waals surface area contributed by atoms with E-state index in [2.05, 4.69) is 18.0 Å². The second-order valence-corrected chi connectivity index (χ2v) is 6.97. The minimum Gasteiger partial charge on any atom is -0.438 e. The van der Waals surface area contributed by atoms with Gasteiger partial charge in [0.05, 0.1) is 6.26 Å². The first-order valence-corrected chi connectivity index (χ1v) is 8.15. The van der Waals surface area contributed by atoms with Gasteiger partial charge in [-0.25, -0.2) is 0 Å². The predicted molar refractivity (Wildman–Crippen MR) is 72.3 cm³/mol. The van der Waals surface area contributed by atoms with Crippen LogP contribution in [0.4, 0.5) is 0 Å². The van der Waals surface area contributed by atoms with Crippen molar-refractivity contribution in [1.82, 2.24) is 4.98 Å². The van der Waals surface area contributed by atoms with Crippen LogP contribution in [-0.4, -0.2) is 19.7 Å². The molecule has 0 saturated heterocycles. The number of nitrogens with zero attached hydrogens (tertiary/aromatic N) is 1. The molecule has 1 aliphatic carbocycles. The zero-order valence-corrected chi connectivity index (χ0v) is 12.3. The molecule has 0 atom stereocenters. The molecule has 106 valence electrons. The van der Waals surface area contributed by atoms with E-state index >= 15 is 0 Å². The quantitative estimate of drug-likeness (QED) is 0.795. The average molecular weight is 285 g/mol. The lowest BCUT2D eigenvalue weighted by molar-refractivity contribution is 0.446. The largest absolute Gasteiger partial charge is 0.438 e. The Kier molecular flexibility index (Phi) is 3.71. The molecule has 0 amide bonds. The molecular formula is C13H19NO4S. The van der Waals surface area contributed by atoms with Gasteiger partial charge in [-0.2, -0.15) is 13.4 Å². The summed E-state index contributed by atoms with van der Waals surface area (Å²) >= 11 is 0. The van der Waals surface area contributed by atoms with Crippen LogP contribution in [0.3, 0.4) is 0 Å². The maximum absolute atomic E-state index is 11.1. The van der Waals surface area contributed by atoms with Gasteiger partial charge in [-0.15, -0.1) is 0 Å². The summed E-state index contributed by atoms with van der Waals surface area (Å²) in [6.45, 7) is 3.84. The van der Waals surface area contributed by atoms with Gasteiger partial charge in [-0.05, 0) is 31.3 Å². The number of rotatable bonds is 4. The first-order valence-electron chi connectivity index (χ1n) is 6.34. The highest BCUT2D eigenvalue weighted by atomic mass is 32.2. The molecule has 6 heteroatoms. The Morgan fingerprint density at radius 3 is 2.58 bits per heavy atom. The minimum absolute atomic E-state index is 0.0127. The van der Waals surface area contributed by atoms with Gasteiger partial charge in [0, 0.05) is 0 Å². The van der Waals surface area contributed by atoms with Crippen LogP contribution in [0, 0.1) is 12.3 Å². The van der Waals surface area contributed by atoms with Gasteiger partial charge in [0.15, 0.2) is 5.76 Å². The van der Waals surface area contributed by atoms with E-state index in [4.69, 9.17) is 8.60 Å². The number of aryl methyl sites for hydroxylation is 1. The molecule has 0 spiro atoms. The van der Waals surface area contributed by atoms with E-state index in [1.54, 1.807) is 13.0 Å². The van der Waals surface area contributed by atoms with E-state index in [1.165, 1.54) is 12.8 Å². The summed E-state index contributed by atoms with van der Waals surface area (Å²) in [7, 11) is -3.58. The Balaban J connectivity index is 2.14. The molecule has 19 heavy (non-hydrogen) atoms. The van der Waals surface area contributed by atoms with Crippen molar-refractivity contribution >= 4 is 16.2 Å². The van der Waals surface area contributed by atoms with Crippen molar-refractivity contribution < 1.29 is 17.0 Å². The summed E-state index contributed by atoms with van der Waals surface area (Å²) < 4.78 is 32.2. The fourth-order valence-electron chi connectivity index (χ4n) is 2.32. The Labute approximate surface area is 113 Å². The molecule has 1 fully saturated rings. The number of hydrogen-bond acceptors (Lipinski definition) is 5. The summed E-state index contributed by atoms with van der Waals surface area (Å²) in [6, 6.07) is 0. The molecule has 1 aromatic rings. The zero-order valence-electron chi connectivity index (χ0n) is 11.5. The monoisotopic (exact) mass is 285 g/mol. The molecule has 1 saturated carbocycles. The zero-order chi connectivity index (χ0) is 14.1. The van der Waals surface area contributed by atoms with Crippen LogP contribution in [0.25, 0.3) is 6.08 Å². The van der Waals surface area contributed by atoms with Crippen LogP contribution in [0.15, 0.2) is 10.5 Å². The molecule has 5 nitrogen and oxygen atoms in total. The molecule has 0 aromatic carbocycles. The molecule has 0 unspecified atom stereocenters. The van der Waals surface area contributed by atoms with E-state index in [0.29, 0.717) is 11.7 Å². The normalized spacial score (nSPS) is 19.1. The van der Waals surface area contributed by atoms with E-state index < -0.39 is 10.1 Å². The summed E-state index contributed by atoms with van der Waals surface area (Å²) in [6.07, 6.45) is 9.69. The Morgan fingerprint density at radius 1 is 1.37 bits per heavy atom. The standard InChI is InChI=1S/C13H19NO4S/c1-10-12(18-19(3,15)16)14-11(17-10)6-9-13(2)7-4-5-8-13/h6,9H,4-5,7-8H2,1-3H3/b9-6+. The van der Waals surface area contributed by atoms with E-state index in [1.807, 2.05) is 0 Å². The molecule has 0 radical (unpaired) electrons. The smallest absolute Gasteiger partial charge is 0.307 e. The van der Waals surface area contributed by atoms with Crippen LogP contribution in [0.2, 0.25) is 0 Å². The third-order valence-electron chi connectivity index (χ3n) is 3.37. The number of oxazole rings is 1. The average Bonchev–Trinajstić information content (AvgIpc) is 2.83. The second kappa shape index (κ2) is 5.00. The SMILES string of the molecule is Cc1oc(/C=C/C2(C)CCCC2)nc1OS(C)(=O)=O. The molecule has 0 N–H and O–H groups in total. The third-order valence-corrected chi connectivity index (χ3v) is 3.84. The van der Waals surface area contributed by atoms with Crippen LogP contribution < -0.4 is 4.18 Å². The summed E-state index contributed by atoms with van der Waals surface area (Å²) in [4.78, 5) is 4.03. The van der Waals surface area contributed by atoms with Gasteiger partial charge in [0.1, 0.15) is 0 Å². The van der Waals surface area contributed by atoms with Crippen LogP contribution in [0.5, 0.6) is 5.88 Å². The van der Waals surface area contributed by atoms with Crippen molar-refractivity contribution in [2.24, 2.45) is 5.41 Å². The van der Waals surface area contributed by atoms with Gasteiger partial charge in [-0.1, -0.05) is 25.8 Å². The molecule has 2 rings (SSSR count). The maximum Gasteiger partial charge on any atom is 0.307 e. The molecule has 0 bridgehead atoms. The Bertz CT molecular complexity index is 580. The maximum atomic E-state index is 11.1. The highest BCUT2D eigenvalue weighted by Gasteiger charge is 2.25. The van der Waals surface area contributed by atoms with Gasteiger partial charge in [0.25, 0.3) is 5.88 Å². The Morgan fingerprint density at radius 2 is 2.00 bits per heavy atom. The number of aromatic nitrogens is 1. The molecule has 1 heterocycles. The van der Waals surface area contributed by atoms with Crippen molar-refractivity contribution in [2.75, 3.05) is 6.26 Å².